The number of ether oxygens (including phenoxy) is 1. The van der Waals surface area contributed by atoms with E-state index in [1.54, 1.807) is 0 Å². The number of aromatic nitrogens is 2. The van der Waals surface area contributed by atoms with Crippen LogP contribution in [0.3, 0.4) is 0 Å². The smallest absolute Gasteiger partial charge is 0.0946 e. The largest absolute Gasteiger partial charge is 0.374 e. The van der Waals surface area contributed by atoms with Gasteiger partial charge in [0, 0.05) is 25.6 Å². The SMILES string of the molecule is Cn1cncc1C(NN)C1CCOC2(CCSC2)C1. The fourth-order valence-electron chi connectivity index (χ4n) is 3.34. The molecule has 2 saturated heterocycles. The molecule has 3 N–H and O–H groups in total. The number of imidazole rings is 1. The van der Waals surface area contributed by atoms with Crippen LogP contribution in [0.25, 0.3) is 0 Å². The lowest BCUT2D eigenvalue weighted by Crippen LogP contribution is -2.45. The molecule has 2 aliphatic heterocycles. The molecule has 0 radical (unpaired) electrons. The van der Waals surface area contributed by atoms with E-state index in [1.807, 2.05) is 31.3 Å². The predicted molar refractivity (Wildman–Crippen MR) is 76.6 cm³/mol. The number of thioether (sulfide) groups is 1. The van der Waals surface area contributed by atoms with Crippen molar-refractivity contribution in [1.29, 1.82) is 0 Å². The molecule has 0 amide bonds. The molecule has 6 heteroatoms. The molecule has 5 nitrogen and oxygen atoms in total. The van der Waals surface area contributed by atoms with E-state index < -0.39 is 0 Å². The lowest BCUT2D eigenvalue weighted by Gasteiger charge is -2.40. The topological polar surface area (TPSA) is 65.1 Å². The number of nitrogens with zero attached hydrogens (tertiary/aromatic N) is 2. The molecule has 106 valence electrons. The minimum absolute atomic E-state index is 0.0985. The van der Waals surface area contributed by atoms with Gasteiger partial charge in [0.25, 0.3) is 0 Å². The molecule has 3 atom stereocenters. The quantitative estimate of drug-likeness (QED) is 0.645. The summed E-state index contributed by atoms with van der Waals surface area (Å²) in [5.74, 6) is 8.69. The Bertz CT molecular complexity index is 430. The van der Waals surface area contributed by atoms with Gasteiger partial charge in [-0.2, -0.15) is 11.8 Å². The highest BCUT2D eigenvalue weighted by atomic mass is 32.2. The Hall–Kier alpha value is -0.560. The Balaban J connectivity index is 1.78. The molecular weight excluding hydrogens is 260 g/mol. The molecule has 0 aromatic carbocycles. The van der Waals surface area contributed by atoms with Crippen molar-refractivity contribution in [2.75, 3.05) is 18.1 Å². The summed E-state index contributed by atoms with van der Waals surface area (Å²) in [5.41, 5.74) is 4.26. The van der Waals surface area contributed by atoms with Gasteiger partial charge in [0.1, 0.15) is 0 Å². The normalized spacial score (nSPS) is 32.8. The van der Waals surface area contributed by atoms with Gasteiger partial charge in [0.2, 0.25) is 0 Å². The van der Waals surface area contributed by atoms with Crippen molar-refractivity contribution in [3.8, 4) is 0 Å². The first-order chi connectivity index (χ1) is 9.24. The summed E-state index contributed by atoms with van der Waals surface area (Å²) in [6.45, 7) is 0.848. The first-order valence-corrected chi connectivity index (χ1v) is 8.04. The molecule has 3 rings (SSSR count). The van der Waals surface area contributed by atoms with Crippen molar-refractivity contribution in [3.63, 3.8) is 0 Å². The number of aryl methyl sites for hydroxylation is 1. The van der Waals surface area contributed by atoms with Crippen molar-refractivity contribution in [1.82, 2.24) is 15.0 Å². The average Bonchev–Trinajstić information content (AvgIpc) is 3.02. The van der Waals surface area contributed by atoms with Gasteiger partial charge in [-0.1, -0.05) is 0 Å². The lowest BCUT2D eigenvalue weighted by atomic mass is 9.80. The predicted octanol–water partition coefficient (Wildman–Crippen LogP) is 1.23. The number of nitrogens with two attached hydrogens (primary N) is 1. The molecule has 1 aromatic heterocycles. The molecule has 2 aliphatic rings. The highest BCUT2D eigenvalue weighted by Crippen LogP contribution is 2.43. The third-order valence-electron chi connectivity index (χ3n) is 4.42. The summed E-state index contributed by atoms with van der Waals surface area (Å²) >= 11 is 2.01. The van der Waals surface area contributed by atoms with E-state index in [9.17, 15) is 0 Å². The van der Waals surface area contributed by atoms with Crippen LogP contribution >= 0.6 is 11.8 Å². The van der Waals surface area contributed by atoms with Crippen molar-refractivity contribution >= 4 is 11.8 Å². The molecule has 0 aliphatic carbocycles. The Kier molecular flexibility index (Phi) is 3.84. The third-order valence-corrected chi connectivity index (χ3v) is 5.64. The zero-order chi connectivity index (χ0) is 13.3. The molecule has 1 spiro atoms. The van der Waals surface area contributed by atoms with Crippen molar-refractivity contribution < 1.29 is 4.74 Å². The van der Waals surface area contributed by atoms with Gasteiger partial charge in [-0.3, -0.25) is 11.3 Å². The number of rotatable bonds is 3. The van der Waals surface area contributed by atoms with E-state index in [0.29, 0.717) is 5.92 Å². The lowest BCUT2D eigenvalue weighted by molar-refractivity contribution is -0.0857. The van der Waals surface area contributed by atoms with Crippen LogP contribution in [-0.4, -0.2) is 33.3 Å². The second-order valence-electron chi connectivity index (χ2n) is 5.66. The van der Waals surface area contributed by atoms with Gasteiger partial charge < -0.3 is 9.30 Å². The van der Waals surface area contributed by atoms with Gasteiger partial charge in [-0.05, 0) is 30.9 Å². The fraction of sp³-hybridized carbons (Fsp3) is 0.769. The van der Waals surface area contributed by atoms with E-state index >= 15 is 0 Å². The van der Waals surface area contributed by atoms with E-state index in [1.165, 1.54) is 12.2 Å². The second-order valence-corrected chi connectivity index (χ2v) is 6.77. The van der Waals surface area contributed by atoms with E-state index in [-0.39, 0.29) is 11.6 Å². The van der Waals surface area contributed by atoms with Crippen molar-refractivity contribution in [2.24, 2.45) is 18.8 Å². The van der Waals surface area contributed by atoms with Gasteiger partial charge in [0.05, 0.1) is 23.7 Å². The molecule has 1 aromatic rings. The summed E-state index contributed by atoms with van der Waals surface area (Å²) < 4.78 is 8.14. The van der Waals surface area contributed by atoms with Crippen LogP contribution < -0.4 is 11.3 Å². The summed E-state index contributed by atoms with van der Waals surface area (Å²) in [6.07, 6.45) is 7.08. The number of nitrogens with one attached hydrogen (secondary N) is 1. The summed E-state index contributed by atoms with van der Waals surface area (Å²) in [7, 11) is 2.02. The standard InChI is InChI=1S/C13H22N4OS/c1-17-9-15-7-11(17)12(16-14)10-2-4-18-13(6-10)3-5-19-8-13/h7,9-10,12,16H,2-6,8,14H2,1H3. The molecule has 3 heterocycles. The molecule has 0 bridgehead atoms. The zero-order valence-corrected chi connectivity index (χ0v) is 12.2. The monoisotopic (exact) mass is 282 g/mol. The number of hydrogen-bond donors (Lipinski definition) is 2. The molecular formula is C13H22N4OS. The first kappa shape index (κ1) is 13.4. The Morgan fingerprint density at radius 3 is 3.21 bits per heavy atom. The van der Waals surface area contributed by atoms with E-state index in [4.69, 9.17) is 10.6 Å². The third kappa shape index (κ3) is 2.54. The van der Waals surface area contributed by atoms with Crippen molar-refractivity contribution in [2.45, 2.75) is 30.9 Å². The molecule has 2 fully saturated rings. The summed E-state index contributed by atoms with van der Waals surface area (Å²) in [5, 5.41) is 0. The zero-order valence-electron chi connectivity index (χ0n) is 11.3. The highest BCUT2D eigenvalue weighted by Gasteiger charge is 2.43. The second kappa shape index (κ2) is 5.44. The van der Waals surface area contributed by atoms with Crippen LogP contribution in [0, 0.1) is 5.92 Å². The van der Waals surface area contributed by atoms with Crippen LogP contribution in [0.4, 0.5) is 0 Å². The van der Waals surface area contributed by atoms with Crippen LogP contribution in [-0.2, 0) is 11.8 Å². The maximum Gasteiger partial charge on any atom is 0.0946 e. The highest BCUT2D eigenvalue weighted by molar-refractivity contribution is 7.99. The van der Waals surface area contributed by atoms with Crippen LogP contribution in [0.15, 0.2) is 12.5 Å². The average molecular weight is 282 g/mol. The molecule has 3 unspecified atom stereocenters. The minimum atomic E-state index is 0.0985. The first-order valence-electron chi connectivity index (χ1n) is 6.88. The van der Waals surface area contributed by atoms with Crippen LogP contribution in [0.2, 0.25) is 0 Å². The Labute approximate surface area is 118 Å². The minimum Gasteiger partial charge on any atom is -0.374 e. The van der Waals surface area contributed by atoms with Gasteiger partial charge in [-0.15, -0.1) is 0 Å². The summed E-state index contributed by atoms with van der Waals surface area (Å²) in [4.78, 5) is 4.21. The van der Waals surface area contributed by atoms with Crippen LogP contribution in [0.5, 0.6) is 0 Å². The van der Waals surface area contributed by atoms with Crippen LogP contribution in [0.1, 0.15) is 31.0 Å². The van der Waals surface area contributed by atoms with E-state index in [0.717, 1.165) is 30.9 Å². The molecule has 0 saturated carbocycles. The maximum absolute atomic E-state index is 6.09. The Morgan fingerprint density at radius 1 is 1.68 bits per heavy atom. The van der Waals surface area contributed by atoms with Gasteiger partial charge in [0.15, 0.2) is 0 Å². The number of hydrogen-bond acceptors (Lipinski definition) is 5. The van der Waals surface area contributed by atoms with Crippen molar-refractivity contribution in [3.05, 3.63) is 18.2 Å². The molecule has 19 heavy (non-hydrogen) atoms. The van der Waals surface area contributed by atoms with Gasteiger partial charge >= 0.3 is 0 Å². The van der Waals surface area contributed by atoms with Gasteiger partial charge in [-0.25, -0.2) is 4.98 Å². The maximum atomic E-state index is 6.09. The fourth-order valence-corrected chi connectivity index (χ4v) is 4.72. The number of hydrazine groups is 1. The Morgan fingerprint density at radius 2 is 2.58 bits per heavy atom. The van der Waals surface area contributed by atoms with E-state index in [2.05, 4.69) is 15.0 Å². The summed E-state index contributed by atoms with van der Waals surface area (Å²) in [6, 6.07) is 0.166.